The highest BCUT2D eigenvalue weighted by molar-refractivity contribution is 6.01. The third-order valence-corrected chi connectivity index (χ3v) is 5.36. The fraction of sp³-hybridized carbons (Fsp3) is 0.214. The van der Waals surface area contributed by atoms with Gasteiger partial charge in [-0.3, -0.25) is 10.1 Å². The maximum atomic E-state index is 14.9. The number of rotatable bonds is 6. The van der Waals surface area contributed by atoms with Crippen LogP contribution in [-0.2, 0) is 11.2 Å². The molecule has 0 spiro atoms. The lowest BCUT2D eigenvalue weighted by atomic mass is 9.87. The standard InChI is InChI=1S/C28H27F2N5O5/c1-28(2,3)23(34-27(38)39)11-9-19-21(12-13-32-25(19)31)40-22-10-8-18(15-20(22)30)33-26(37)35-24(36)14-16-4-6-17(29)7-5-16/h4-8,10,12-13,15,23,34H,14H2,1-3H3,(H2,31,32)(H,38,39)(H2,33,35,36,37). The number of ether oxygens (including phenoxy) is 1. The third kappa shape index (κ3) is 8.42. The number of nitrogens with one attached hydrogen (secondary N) is 3. The van der Waals surface area contributed by atoms with E-state index in [9.17, 15) is 23.2 Å². The Kier molecular flexibility index (Phi) is 9.24. The summed E-state index contributed by atoms with van der Waals surface area (Å²) in [6, 6.07) is 8.61. The predicted octanol–water partition coefficient (Wildman–Crippen LogP) is 4.66. The van der Waals surface area contributed by atoms with E-state index in [-0.39, 0.29) is 35.0 Å². The number of nitrogens with zero attached hydrogens (tertiary/aromatic N) is 1. The van der Waals surface area contributed by atoms with Crippen molar-refractivity contribution in [3.63, 3.8) is 0 Å². The average molecular weight is 552 g/mol. The summed E-state index contributed by atoms with van der Waals surface area (Å²) in [5.41, 5.74) is 6.09. The molecular formula is C28H27F2N5O5. The molecule has 0 aliphatic heterocycles. The Morgan fingerprint density at radius 2 is 1.77 bits per heavy atom. The van der Waals surface area contributed by atoms with Crippen molar-refractivity contribution in [2.75, 3.05) is 11.1 Å². The van der Waals surface area contributed by atoms with Crippen LogP contribution < -0.4 is 26.4 Å². The summed E-state index contributed by atoms with van der Waals surface area (Å²) in [4.78, 5) is 39.4. The molecule has 208 valence electrons. The van der Waals surface area contributed by atoms with Crippen molar-refractivity contribution >= 4 is 29.5 Å². The normalized spacial score (nSPS) is 11.4. The molecule has 0 saturated heterocycles. The van der Waals surface area contributed by atoms with Gasteiger partial charge in [-0.2, -0.15) is 0 Å². The lowest BCUT2D eigenvalue weighted by Gasteiger charge is -2.25. The number of aromatic nitrogens is 1. The number of hydrogen-bond donors (Lipinski definition) is 5. The number of pyridine rings is 1. The molecule has 0 saturated carbocycles. The summed E-state index contributed by atoms with van der Waals surface area (Å²) in [5, 5.41) is 15.9. The number of nitrogens with two attached hydrogens (primary N) is 1. The minimum Gasteiger partial charge on any atom is -0.465 e. The molecule has 40 heavy (non-hydrogen) atoms. The van der Waals surface area contributed by atoms with Crippen molar-refractivity contribution in [3.8, 4) is 23.3 Å². The van der Waals surface area contributed by atoms with Crippen molar-refractivity contribution in [1.82, 2.24) is 15.6 Å². The van der Waals surface area contributed by atoms with Crippen molar-refractivity contribution in [3.05, 3.63) is 77.5 Å². The van der Waals surface area contributed by atoms with Crippen molar-refractivity contribution in [1.29, 1.82) is 0 Å². The van der Waals surface area contributed by atoms with E-state index in [1.807, 2.05) is 0 Å². The summed E-state index contributed by atoms with van der Waals surface area (Å²) in [6.07, 6.45) is -0.0577. The Bertz CT molecular complexity index is 1480. The molecule has 1 aromatic heterocycles. The monoisotopic (exact) mass is 551 g/mol. The Balaban J connectivity index is 1.71. The van der Waals surface area contributed by atoms with E-state index in [0.29, 0.717) is 5.56 Å². The first-order valence-corrected chi connectivity index (χ1v) is 11.9. The van der Waals surface area contributed by atoms with Gasteiger partial charge >= 0.3 is 12.1 Å². The Hall–Kier alpha value is -5.18. The zero-order valence-electron chi connectivity index (χ0n) is 21.8. The summed E-state index contributed by atoms with van der Waals surface area (Å²) in [5.74, 6) is 3.52. The number of urea groups is 1. The zero-order valence-corrected chi connectivity index (χ0v) is 21.8. The van der Waals surface area contributed by atoms with Gasteiger partial charge in [0, 0.05) is 24.0 Å². The van der Waals surface area contributed by atoms with Gasteiger partial charge in [-0.1, -0.05) is 44.7 Å². The van der Waals surface area contributed by atoms with Crippen molar-refractivity contribution in [2.24, 2.45) is 5.41 Å². The highest BCUT2D eigenvalue weighted by Gasteiger charge is 2.24. The van der Waals surface area contributed by atoms with Gasteiger partial charge in [-0.15, -0.1) is 0 Å². The molecule has 1 atom stereocenters. The molecule has 3 rings (SSSR count). The van der Waals surface area contributed by atoms with E-state index >= 15 is 0 Å². The molecule has 0 aliphatic rings. The maximum absolute atomic E-state index is 14.9. The van der Waals surface area contributed by atoms with Crippen LogP contribution in [0.4, 0.5) is 29.9 Å². The third-order valence-electron chi connectivity index (χ3n) is 5.36. The molecule has 1 heterocycles. The van der Waals surface area contributed by atoms with E-state index in [1.54, 1.807) is 20.8 Å². The molecule has 10 nitrogen and oxygen atoms in total. The Morgan fingerprint density at radius 1 is 1.07 bits per heavy atom. The SMILES string of the molecule is CC(C)(C)C(C#Cc1c(Oc2ccc(NC(=O)NC(=O)Cc3ccc(F)cc3)cc2F)ccnc1N)NC(=O)O. The minimum atomic E-state index is -1.24. The number of anilines is 2. The van der Waals surface area contributed by atoms with Gasteiger partial charge in [0.1, 0.15) is 22.9 Å². The van der Waals surface area contributed by atoms with Crippen molar-refractivity contribution in [2.45, 2.75) is 33.2 Å². The summed E-state index contributed by atoms with van der Waals surface area (Å²) in [6.45, 7) is 5.41. The van der Waals surface area contributed by atoms with Gasteiger partial charge in [0.25, 0.3) is 0 Å². The van der Waals surface area contributed by atoms with Crippen LogP contribution in [0.1, 0.15) is 31.9 Å². The maximum Gasteiger partial charge on any atom is 0.405 e. The molecule has 3 aromatic rings. The smallest absolute Gasteiger partial charge is 0.405 e. The van der Waals surface area contributed by atoms with Gasteiger partial charge < -0.3 is 26.2 Å². The Labute approximate surface area is 228 Å². The summed E-state index contributed by atoms with van der Waals surface area (Å²) >= 11 is 0. The average Bonchev–Trinajstić information content (AvgIpc) is 2.85. The number of halogens is 2. The second-order valence-corrected chi connectivity index (χ2v) is 9.64. The van der Waals surface area contributed by atoms with E-state index in [0.717, 1.165) is 6.07 Å². The number of carboxylic acid groups (broad SMARTS) is 1. The predicted molar refractivity (Wildman–Crippen MR) is 144 cm³/mol. The van der Waals surface area contributed by atoms with Crippen LogP contribution in [0, 0.1) is 28.9 Å². The van der Waals surface area contributed by atoms with Gasteiger partial charge in [0.2, 0.25) is 5.91 Å². The van der Waals surface area contributed by atoms with E-state index in [1.165, 1.54) is 48.7 Å². The topological polar surface area (TPSA) is 156 Å². The second kappa shape index (κ2) is 12.6. The van der Waals surface area contributed by atoms with Gasteiger partial charge in [-0.05, 0) is 35.2 Å². The van der Waals surface area contributed by atoms with Crippen LogP contribution in [0.2, 0.25) is 0 Å². The number of hydrogen-bond acceptors (Lipinski definition) is 6. The van der Waals surface area contributed by atoms with E-state index in [4.69, 9.17) is 15.6 Å². The fourth-order valence-corrected chi connectivity index (χ4v) is 3.31. The zero-order chi connectivity index (χ0) is 29.4. The first-order valence-electron chi connectivity index (χ1n) is 11.9. The molecule has 0 aliphatic carbocycles. The molecule has 4 amide bonds. The quantitative estimate of drug-likeness (QED) is 0.279. The van der Waals surface area contributed by atoms with Crippen molar-refractivity contribution < 1.29 is 33.0 Å². The molecule has 6 N–H and O–H groups in total. The van der Waals surface area contributed by atoms with Crippen LogP contribution in [-0.4, -0.2) is 34.2 Å². The summed E-state index contributed by atoms with van der Waals surface area (Å²) in [7, 11) is 0. The minimum absolute atomic E-state index is 0.00588. The van der Waals surface area contributed by atoms with E-state index in [2.05, 4.69) is 32.8 Å². The van der Waals surface area contributed by atoms with Crippen LogP contribution in [0.15, 0.2) is 54.7 Å². The van der Waals surface area contributed by atoms with Gasteiger partial charge in [-0.25, -0.2) is 23.4 Å². The molecule has 0 radical (unpaired) electrons. The van der Waals surface area contributed by atoms with Gasteiger partial charge in [0.05, 0.1) is 12.5 Å². The largest absolute Gasteiger partial charge is 0.465 e. The highest BCUT2D eigenvalue weighted by atomic mass is 19.1. The Morgan fingerprint density at radius 3 is 2.40 bits per heavy atom. The highest BCUT2D eigenvalue weighted by Crippen LogP contribution is 2.30. The molecule has 12 heteroatoms. The molecule has 1 unspecified atom stereocenters. The lowest BCUT2D eigenvalue weighted by molar-refractivity contribution is -0.119. The molecular weight excluding hydrogens is 524 g/mol. The number of nitrogen functional groups attached to an aromatic ring is 1. The molecule has 0 bridgehead atoms. The van der Waals surface area contributed by atoms with Crippen LogP contribution in [0.25, 0.3) is 0 Å². The number of carbonyl (C=O) groups excluding carboxylic acids is 2. The number of benzene rings is 2. The van der Waals surface area contributed by atoms with Crippen LogP contribution >= 0.6 is 0 Å². The summed E-state index contributed by atoms with van der Waals surface area (Å²) < 4.78 is 33.5. The molecule has 2 aromatic carbocycles. The van der Waals surface area contributed by atoms with Gasteiger partial charge in [0.15, 0.2) is 11.6 Å². The first-order chi connectivity index (χ1) is 18.8. The number of amides is 4. The van der Waals surface area contributed by atoms with Crippen LogP contribution in [0.3, 0.4) is 0 Å². The number of imide groups is 1. The molecule has 0 fully saturated rings. The second-order valence-electron chi connectivity index (χ2n) is 9.64. The first kappa shape index (κ1) is 29.4. The number of carbonyl (C=O) groups is 3. The lowest BCUT2D eigenvalue weighted by Crippen LogP contribution is -2.42. The van der Waals surface area contributed by atoms with Crippen LogP contribution in [0.5, 0.6) is 11.5 Å². The van der Waals surface area contributed by atoms with E-state index < -0.39 is 41.1 Å². The fourth-order valence-electron chi connectivity index (χ4n) is 3.31.